The van der Waals surface area contributed by atoms with E-state index in [2.05, 4.69) is 20.0 Å². The van der Waals surface area contributed by atoms with E-state index >= 15 is 0 Å². The van der Waals surface area contributed by atoms with Gasteiger partial charge in [-0.15, -0.1) is 0 Å². The molecule has 31 heavy (non-hydrogen) atoms. The first kappa shape index (κ1) is 21.6. The zero-order valence-electron chi connectivity index (χ0n) is 18.3. The SMILES string of the molecule is [C-]#[N+]c1cc(NC(=O)CC)ccc1N1CCC[C@@]2(CCN(C3CCC(O)CC3)C2=O)C1. The molecule has 4 rings (SSSR count). The number of rotatable bonds is 4. The van der Waals surface area contributed by atoms with Gasteiger partial charge in [-0.3, -0.25) is 9.59 Å². The lowest BCUT2D eigenvalue weighted by atomic mass is 9.78. The number of piperidine rings is 1. The van der Waals surface area contributed by atoms with Crippen molar-refractivity contribution >= 4 is 28.9 Å². The van der Waals surface area contributed by atoms with Crippen LogP contribution >= 0.6 is 0 Å². The highest BCUT2D eigenvalue weighted by molar-refractivity contribution is 5.92. The maximum absolute atomic E-state index is 13.5. The molecule has 2 N–H and O–H groups in total. The van der Waals surface area contributed by atoms with Crippen molar-refractivity contribution in [3.8, 4) is 0 Å². The van der Waals surface area contributed by atoms with Crippen molar-refractivity contribution in [2.75, 3.05) is 29.9 Å². The van der Waals surface area contributed by atoms with Gasteiger partial charge in [-0.05, 0) is 63.1 Å². The first-order chi connectivity index (χ1) is 15.0. The van der Waals surface area contributed by atoms with Crippen LogP contribution in [-0.4, -0.2) is 53.6 Å². The minimum Gasteiger partial charge on any atom is -0.393 e. The van der Waals surface area contributed by atoms with Gasteiger partial charge >= 0.3 is 0 Å². The number of hydrogen-bond donors (Lipinski definition) is 2. The van der Waals surface area contributed by atoms with Crippen molar-refractivity contribution in [2.45, 2.75) is 70.4 Å². The molecule has 0 aromatic heterocycles. The zero-order chi connectivity index (χ0) is 22.0. The van der Waals surface area contributed by atoms with Crippen molar-refractivity contribution in [1.82, 2.24) is 4.90 Å². The van der Waals surface area contributed by atoms with E-state index in [4.69, 9.17) is 6.57 Å². The summed E-state index contributed by atoms with van der Waals surface area (Å²) in [5.74, 6) is 0.183. The molecule has 7 heteroatoms. The summed E-state index contributed by atoms with van der Waals surface area (Å²) in [6.07, 6.45) is 6.19. The van der Waals surface area contributed by atoms with Gasteiger partial charge in [0.1, 0.15) is 0 Å². The molecule has 1 aromatic rings. The van der Waals surface area contributed by atoms with E-state index in [0.29, 0.717) is 24.3 Å². The summed E-state index contributed by atoms with van der Waals surface area (Å²) >= 11 is 0. The second kappa shape index (κ2) is 8.88. The average Bonchev–Trinajstić information content (AvgIpc) is 3.09. The highest BCUT2D eigenvalue weighted by atomic mass is 16.3. The number of aliphatic hydroxyl groups is 1. The van der Waals surface area contributed by atoms with Gasteiger partial charge in [0.05, 0.1) is 18.1 Å². The molecule has 7 nitrogen and oxygen atoms in total. The smallest absolute Gasteiger partial charge is 0.230 e. The predicted octanol–water partition coefficient (Wildman–Crippen LogP) is 3.71. The third-order valence-corrected chi connectivity index (χ3v) is 7.27. The number of benzene rings is 1. The molecule has 2 aliphatic heterocycles. The van der Waals surface area contributed by atoms with E-state index in [1.54, 1.807) is 13.0 Å². The van der Waals surface area contributed by atoms with E-state index < -0.39 is 0 Å². The Morgan fingerprint density at radius 3 is 2.74 bits per heavy atom. The molecule has 1 saturated carbocycles. The molecule has 2 heterocycles. The molecule has 3 aliphatic rings. The van der Waals surface area contributed by atoms with Gasteiger partial charge in [0.2, 0.25) is 17.5 Å². The van der Waals surface area contributed by atoms with Crippen LogP contribution in [0.4, 0.5) is 17.1 Å². The molecule has 0 bridgehead atoms. The van der Waals surface area contributed by atoms with E-state index in [1.807, 2.05) is 12.1 Å². The Bertz CT molecular complexity index is 887. The van der Waals surface area contributed by atoms with Crippen LogP contribution < -0.4 is 10.2 Å². The summed E-state index contributed by atoms with van der Waals surface area (Å²) in [4.78, 5) is 33.2. The van der Waals surface area contributed by atoms with Crippen LogP contribution in [0.15, 0.2) is 18.2 Å². The molecule has 0 unspecified atom stereocenters. The fourth-order valence-electron chi connectivity index (χ4n) is 5.49. The first-order valence-corrected chi connectivity index (χ1v) is 11.5. The average molecular weight is 425 g/mol. The predicted molar refractivity (Wildman–Crippen MR) is 120 cm³/mol. The highest BCUT2D eigenvalue weighted by Crippen LogP contribution is 2.45. The number of nitrogens with one attached hydrogen (secondary N) is 1. The maximum Gasteiger partial charge on any atom is 0.230 e. The first-order valence-electron chi connectivity index (χ1n) is 11.5. The monoisotopic (exact) mass is 424 g/mol. The third-order valence-electron chi connectivity index (χ3n) is 7.27. The Balaban J connectivity index is 1.50. The summed E-state index contributed by atoms with van der Waals surface area (Å²) in [7, 11) is 0. The van der Waals surface area contributed by atoms with Gasteiger partial charge in [0.25, 0.3) is 0 Å². The second-order valence-electron chi connectivity index (χ2n) is 9.23. The van der Waals surface area contributed by atoms with Gasteiger partial charge in [-0.1, -0.05) is 6.92 Å². The van der Waals surface area contributed by atoms with E-state index in [0.717, 1.165) is 63.7 Å². The topological polar surface area (TPSA) is 77.2 Å². The van der Waals surface area contributed by atoms with Crippen molar-refractivity contribution in [3.05, 3.63) is 29.6 Å². The summed E-state index contributed by atoms with van der Waals surface area (Å²) in [6.45, 7) is 11.7. The lowest BCUT2D eigenvalue weighted by Gasteiger charge is -2.42. The lowest BCUT2D eigenvalue weighted by Crippen LogP contribution is -2.50. The Labute approximate surface area is 184 Å². The van der Waals surface area contributed by atoms with Gasteiger partial charge in [0, 0.05) is 43.5 Å². The molecule has 1 spiro atoms. The van der Waals surface area contributed by atoms with Crippen LogP contribution in [0.5, 0.6) is 0 Å². The number of anilines is 2. The molecule has 1 atom stereocenters. The van der Waals surface area contributed by atoms with Crippen molar-refractivity contribution in [3.63, 3.8) is 0 Å². The number of amides is 2. The quantitative estimate of drug-likeness (QED) is 0.723. The summed E-state index contributed by atoms with van der Waals surface area (Å²) in [5.41, 5.74) is 1.61. The Hall–Kier alpha value is -2.59. The summed E-state index contributed by atoms with van der Waals surface area (Å²) < 4.78 is 0. The van der Waals surface area contributed by atoms with Crippen LogP contribution in [0.2, 0.25) is 0 Å². The standard InChI is InChI=1S/C24H32N4O3/c1-3-22(30)26-17-5-10-21(20(15-17)25-2)27-13-4-11-24(16-27)12-14-28(23(24)31)18-6-8-19(29)9-7-18/h5,10,15,18-19,29H,3-4,6-9,11-14,16H2,1H3,(H,26,30)/t18?,19?,24-/m1/s1. The van der Waals surface area contributed by atoms with Crippen LogP contribution in [0.3, 0.4) is 0 Å². The molecular formula is C24H32N4O3. The number of likely N-dealkylation sites (tertiary alicyclic amines) is 1. The van der Waals surface area contributed by atoms with Crippen LogP contribution in [0, 0.1) is 12.0 Å². The molecule has 2 amide bonds. The normalized spacial score (nSPS) is 28.6. The number of carbonyl (C=O) groups is 2. The summed E-state index contributed by atoms with van der Waals surface area (Å²) in [6, 6.07) is 5.73. The van der Waals surface area contributed by atoms with Crippen molar-refractivity contribution in [1.29, 1.82) is 0 Å². The molecular weight excluding hydrogens is 392 g/mol. The Kier molecular flexibility index (Phi) is 6.19. The summed E-state index contributed by atoms with van der Waals surface area (Å²) in [5, 5.41) is 12.6. The fraction of sp³-hybridized carbons (Fsp3) is 0.625. The van der Waals surface area contributed by atoms with Gasteiger partial charge in [-0.2, -0.15) is 0 Å². The molecule has 1 aliphatic carbocycles. The minimum absolute atomic E-state index is 0.0764. The minimum atomic E-state index is -0.372. The Morgan fingerprint density at radius 1 is 1.26 bits per heavy atom. The molecule has 0 radical (unpaired) electrons. The van der Waals surface area contributed by atoms with Crippen molar-refractivity contribution < 1.29 is 14.7 Å². The molecule has 1 aromatic carbocycles. The third kappa shape index (κ3) is 4.27. The van der Waals surface area contributed by atoms with Gasteiger partial charge < -0.3 is 20.2 Å². The number of carbonyl (C=O) groups excluding carboxylic acids is 2. The molecule has 2 saturated heterocycles. The second-order valence-corrected chi connectivity index (χ2v) is 9.23. The number of hydrogen-bond acceptors (Lipinski definition) is 4. The van der Waals surface area contributed by atoms with Crippen LogP contribution in [-0.2, 0) is 9.59 Å². The van der Waals surface area contributed by atoms with Crippen LogP contribution in [0.1, 0.15) is 58.3 Å². The van der Waals surface area contributed by atoms with E-state index in [-0.39, 0.29) is 29.4 Å². The molecule has 3 fully saturated rings. The number of nitrogens with zero attached hydrogens (tertiary/aromatic N) is 3. The van der Waals surface area contributed by atoms with Gasteiger partial charge in [0.15, 0.2) is 0 Å². The largest absolute Gasteiger partial charge is 0.393 e. The van der Waals surface area contributed by atoms with Gasteiger partial charge in [-0.25, -0.2) is 4.85 Å². The number of aliphatic hydroxyl groups excluding tert-OH is 1. The fourth-order valence-corrected chi connectivity index (χ4v) is 5.49. The van der Waals surface area contributed by atoms with Crippen LogP contribution in [0.25, 0.3) is 4.85 Å². The maximum atomic E-state index is 13.5. The highest BCUT2D eigenvalue weighted by Gasteiger charge is 2.50. The molecule has 166 valence electrons. The zero-order valence-corrected chi connectivity index (χ0v) is 18.3. The van der Waals surface area contributed by atoms with E-state index in [1.165, 1.54) is 0 Å². The van der Waals surface area contributed by atoms with Crippen molar-refractivity contribution in [2.24, 2.45) is 5.41 Å². The Morgan fingerprint density at radius 2 is 2.03 bits per heavy atom. The van der Waals surface area contributed by atoms with E-state index in [9.17, 15) is 14.7 Å². The lowest BCUT2D eigenvalue weighted by molar-refractivity contribution is -0.139.